The maximum Gasteiger partial charge on any atom is 0.178 e. The zero-order chi connectivity index (χ0) is 12.2. The fraction of sp³-hybridized carbons (Fsp3) is 0.500. The average Bonchev–Trinajstić information content (AvgIpc) is 2.17. The Morgan fingerprint density at radius 1 is 1.25 bits per heavy atom. The van der Waals surface area contributed by atoms with Crippen LogP contribution in [0.25, 0.3) is 0 Å². The van der Waals surface area contributed by atoms with Crippen molar-refractivity contribution >= 4 is 9.84 Å². The molecule has 1 atom stereocenters. The molecule has 0 heterocycles. The molecule has 1 aromatic rings. The zero-order valence-corrected chi connectivity index (χ0v) is 10.5. The Morgan fingerprint density at radius 3 is 2.31 bits per heavy atom. The maximum atomic E-state index is 11.8. The van der Waals surface area contributed by atoms with Crippen LogP contribution in [0.15, 0.2) is 29.2 Å². The zero-order valence-electron chi connectivity index (χ0n) is 9.68. The minimum atomic E-state index is -3.18. The molecule has 0 aliphatic rings. The molecule has 1 rings (SSSR count). The van der Waals surface area contributed by atoms with Gasteiger partial charge in [-0.2, -0.15) is 0 Å². The minimum Gasteiger partial charge on any atom is -0.393 e. The van der Waals surface area contributed by atoms with Gasteiger partial charge in [-0.05, 0) is 38.8 Å². The van der Waals surface area contributed by atoms with E-state index >= 15 is 0 Å². The number of aryl methyl sites for hydroxylation is 1. The Kier molecular flexibility index (Phi) is 4.50. The van der Waals surface area contributed by atoms with Crippen molar-refractivity contribution in [3.8, 4) is 0 Å². The Bertz CT molecular complexity index is 418. The third-order valence-corrected chi connectivity index (χ3v) is 4.23. The summed E-state index contributed by atoms with van der Waals surface area (Å²) in [5.41, 5.74) is 1.04. The van der Waals surface area contributed by atoms with Gasteiger partial charge in [0.25, 0.3) is 0 Å². The molecule has 16 heavy (non-hydrogen) atoms. The number of benzene rings is 1. The summed E-state index contributed by atoms with van der Waals surface area (Å²) in [5.74, 6) is 0.0982. The van der Waals surface area contributed by atoms with E-state index in [9.17, 15) is 8.42 Å². The Morgan fingerprint density at radius 2 is 1.81 bits per heavy atom. The summed E-state index contributed by atoms with van der Waals surface area (Å²) in [6.07, 6.45) is 0.576. The van der Waals surface area contributed by atoms with Crippen LogP contribution < -0.4 is 0 Å². The van der Waals surface area contributed by atoms with Gasteiger partial charge in [-0.1, -0.05) is 17.7 Å². The summed E-state index contributed by atoms with van der Waals surface area (Å²) in [7, 11) is -3.18. The molecule has 0 unspecified atom stereocenters. The molecule has 0 saturated heterocycles. The molecule has 0 bridgehead atoms. The molecule has 0 amide bonds. The number of aliphatic hydroxyl groups excluding tert-OH is 1. The van der Waals surface area contributed by atoms with Gasteiger partial charge in [0.15, 0.2) is 9.84 Å². The first-order chi connectivity index (χ1) is 7.42. The Labute approximate surface area is 97.0 Å². The smallest absolute Gasteiger partial charge is 0.178 e. The molecule has 0 saturated carbocycles. The summed E-state index contributed by atoms with van der Waals surface area (Å²) in [6, 6.07) is 6.85. The van der Waals surface area contributed by atoms with Crippen LogP contribution in [0.3, 0.4) is 0 Å². The second kappa shape index (κ2) is 5.46. The molecule has 1 aromatic carbocycles. The second-order valence-corrected chi connectivity index (χ2v) is 6.23. The summed E-state index contributed by atoms with van der Waals surface area (Å²) >= 11 is 0. The van der Waals surface area contributed by atoms with Gasteiger partial charge in [0.05, 0.1) is 16.8 Å². The topological polar surface area (TPSA) is 54.4 Å². The highest BCUT2D eigenvalue weighted by Gasteiger charge is 2.13. The van der Waals surface area contributed by atoms with E-state index in [2.05, 4.69) is 0 Å². The minimum absolute atomic E-state index is 0.0982. The summed E-state index contributed by atoms with van der Waals surface area (Å²) < 4.78 is 23.7. The molecular weight excluding hydrogens is 224 g/mol. The van der Waals surface area contributed by atoms with E-state index in [0.29, 0.717) is 17.7 Å². The third-order valence-electron chi connectivity index (χ3n) is 2.42. The van der Waals surface area contributed by atoms with Crippen molar-refractivity contribution in [3.05, 3.63) is 29.8 Å². The first kappa shape index (κ1) is 13.2. The average molecular weight is 242 g/mol. The predicted octanol–water partition coefficient (Wildman–Crippen LogP) is 1.93. The van der Waals surface area contributed by atoms with Gasteiger partial charge in [-0.3, -0.25) is 0 Å². The van der Waals surface area contributed by atoms with E-state index in [4.69, 9.17) is 5.11 Å². The predicted molar refractivity (Wildman–Crippen MR) is 64.1 cm³/mol. The molecule has 1 N–H and O–H groups in total. The van der Waals surface area contributed by atoms with Crippen molar-refractivity contribution in [1.29, 1.82) is 0 Å². The summed E-state index contributed by atoms with van der Waals surface area (Å²) in [6.45, 7) is 3.59. The largest absolute Gasteiger partial charge is 0.393 e. The number of rotatable bonds is 5. The highest BCUT2D eigenvalue weighted by Crippen LogP contribution is 2.14. The number of sulfone groups is 1. The van der Waals surface area contributed by atoms with E-state index < -0.39 is 15.9 Å². The second-order valence-electron chi connectivity index (χ2n) is 4.12. The fourth-order valence-corrected chi connectivity index (χ4v) is 2.77. The quantitative estimate of drug-likeness (QED) is 0.858. The monoisotopic (exact) mass is 242 g/mol. The van der Waals surface area contributed by atoms with Gasteiger partial charge in [-0.15, -0.1) is 0 Å². The van der Waals surface area contributed by atoms with Crippen LogP contribution in [0.4, 0.5) is 0 Å². The van der Waals surface area contributed by atoms with E-state index in [0.717, 1.165) is 5.56 Å². The molecule has 0 aliphatic heterocycles. The number of aliphatic hydroxyl groups is 1. The highest BCUT2D eigenvalue weighted by molar-refractivity contribution is 7.91. The molecule has 3 nitrogen and oxygen atoms in total. The van der Waals surface area contributed by atoms with E-state index in [1.165, 1.54) is 0 Å². The number of hydrogen-bond acceptors (Lipinski definition) is 3. The molecule has 0 spiro atoms. The lowest BCUT2D eigenvalue weighted by Crippen LogP contribution is -2.09. The van der Waals surface area contributed by atoms with Crippen molar-refractivity contribution in [2.45, 2.75) is 37.7 Å². The van der Waals surface area contributed by atoms with Crippen LogP contribution in [0.2, 0.25) is 0 Å². The van der Waals surface area contributed by atoms with Crippen LogP contribution in [-0.4, -0.2) is 25.4 Å². The first-order valence-corrected chi connectivity index (χ1v) is 7.04. The van der Waals surface area contributed by atoms with Crippen molar-refractivity contribution < 1.29 is 13.5 Å². The molecule has 0 radical (unpaired) electrons. The van der Waals surface area contributed by atoms with E-state index in [1.54, 1.807) is 31.2 Å². The Balaban J connectivity index is 2.67. The van der Waals surface area contributed by atoms with Crippen LogP contribution in [0.5, 0.6) is 0 Å². The lowest BCUT2D eigenvalue weighted by atomic mass is 10.2. The van der Waals surface area contributed by atoms with Crippen molar-refractivity contribution in [2.75, 3.05) is 5.75 Å². The fourth-order valence-electron chi connectivity index (χ4n) is 1.43. The van der Waals surface area contributed by atoms with Gasteiger partial charge in [-0.25, -0.2) is 8.42 Å². The van der Waals surface area contributed by atoms with Crippen LogP contribution in [0, 0.1) is 6.92 Å². The summed E-state index contributed by atoms with van der Waals surface area (Å²) in [5, 5.41) is 9.06. The molecule has 90 valence electrons. The van der Waals surface area contributed by atoms with Gasteiger partial charge in [0.1, 0.15) is 0 Å². The van der Waals surface area contributed by atoms with Gasteiger partial charge in [0.2, 0.25) is 0 Å². The van der Waals surface area contributed by atoms with Crippen LogP contribution >= 0.6 is 0 Å². The molecule has 0 fully saturated rings. The SMILES string of the molecule is Cc1ccc(S(=O)(=O)CCC[C@H](C)O)cc1. The van der Waals surface area contributed by atoms with Gasteiger partial charge >= 0.3 is 0 Å². The normalized spacial score (nSPS) is 13.7. The van der Waals surface area contributed by atoms with Gasteiger partial charge < -0.3 is 5.11 Å². The first-order valence-electron chi connectivity index (χ1n) is 5.39. The number of hydrogen-bond donors (Lipinski definition) is 1. The molecular formula is C12H18O3S. The summed E-state index contributed by atoms with van der Waals surface area (Å²) in [4.78, 5) is 0.365. The lowest BCUT2D eigenvalue weighted by Gasteiger charge is -2.06. The maximum absolute atomic E-state index is 11.8. The van der Waals surface area contributed by atoms with Crippen LogP contribution in [-0.2, 0) is 9.84 Å². The van der Waals surface area contributed by atoms with Gasteiger partial charge in [0, 0.05) is 0 Å². The van der Waals surface area contributed by atoms with Crippen LogP contribution in [0.1, 0.15) is 25.3 Å². The third kappa shape index (κ3) is 3.94. The standard InChI is InChI=1S/C12H18O3S/c1-10-5-7-12(8-6-10)16(14,15)9-3-4-11(2)13/h5-8,11,13H,3-4,9H2,1-2H3/t11-/m0/s1. The molecule has 0 aromatic heterocycles. The van der Waals surface area contributed by atoms with E-state index in [1.807, 2.05) is 6.92 Å². The van der Waals surface area contributed by atoms with E-state index in [-0.39, 0.29) is 5.75 Å². The molecule has 0 aliphatic carbocycles. The lowest BCUT2D eigenvalue weighted by molar-refractivity contribution is 0.184. The molecule has 4 heteroatoms. The Hall–Kier alpha value is -0.870. The van der Waals surface area contributed by atoms with Crippen molar-refractivity contribution in [3.63, 3.8) is 0 Å². The van der Waals surface area contributed by atoms with Crippen molar-refractivity contribution in [2.24, 2.45) is 0 Å². The van der Waals surface area contributed by atoms with Crippen molar-refractivity contribution in [1.82, 2.24) is 0 Å². The highest BCUT2D eigenvalue weighted by atomic mass is 32.2.